The zero-order chi connectivity index (χ0) is 15.1. The van der Waals surface area contributed by atoms with Gasteiger partial charge in [0.15, 0.2) is 0 Å². The predicted molar refractivity (Wildman–Crippen MR) is 88.8 cm³/mol. The molecule has 1 saturated heterocycles. The lowest BCUT2D eigenvalue weighted by molar-refractivity contribution is 0.153. The molecule has 0 radical (unpaired) electrons. The van der Waals surface area contributed by atoms with Gasteiger partial charge in [0.1, 0.15) is 12.4 Å². The van der Waals surface area contributed by atoms with Gasteiger partial charge in [0.05, 0.1) is 0 Å². The average molecular weight is 290 g/mol. The maximum Gasteiger partial charge on any atom is 0.123 e. The van der Waals surface area contributed by atoms with Crippen LogP contribution in [-0.2, 0) is 6.54 Å². The van der Waals surface area contributed by atoms with Crippen molar-refractivity contribution in [2.45, 2.75) is 46.2 Å². The fraction of sp³-hybridized carbons (Fsp3) is 0.667. The molecule has 1 aliphatic heterocycles. The summed E-state index contributed by atoms with van der Waals surface area (Å²) in [5, 5.41) is 3.46. The van der Waals surface area contributed by atoms with Crippen LogP contribution in [0.1, 0.15) is 39.2 Å². The number of hydrogen-bond donors (Lipinski definition) is 1. The molecule has 1 aromatic carbocycles. The van der Waals surface area contributed by atoms with Gasteiger partial charge in [0, 0.05) is 31.2 Å². The fourth-order valence-electron chi connectivity index (χ4n) is 2.88. The van der Waals surface area contributed by atoms with E-state index >= 15 is 0 Å². The summed E-state index contributed by atoms with van der Waals surface area (Å²) in [6.45, 7) is 11.8. The Balaban J connectivity index is 1.79. The Hall–Kier alpha value is -1.06. The molecule has 0 amide bonds. The molecule has 1 N–H and O–H groups in total. The van der Waals surface area contributed by atoms with Crippen molar-refractivity contribution in [3.63, 3.8) is 0 Å². The minimum Gasteiger partial charge on any atom is -0.492 e. The molecule has 21 heavy (non-hydrogen) atoms. The van der Waals surface area contributed by atoms with Crippen LogP contribution in [0.5, 0.6) is 5.75 Å². The Morgan fingerprint density at radius 2 is 2.14 bits per heavy atom. The minimum absolute atomic E-state index is 0.493. The van der Waals surface area contributed by atoms with Gasteiger partial charge in [-0.2, -0.15) is 0 Å². The smallest absolute Gasteiger partial charge is 0.123 e. The van der Waals surface area contributed by atoms with Gasteiger partial charge in [-0.05, 0) is 31.4 Å². The summed E-state index contributed by atoms with van der Waals surface area (Å²) >= 11 is 0. The summed E-state index contributed by atoms with van der Waals surface area (Å²) in [5.41, 5.74) is 1.25. The largest absolute Gasteiger partial charge is 0.492 e. The number of benzene rings is 1. The van der Waals surface area contributed by atoms with Crippen LogP contribution in [0.2, 0.25) is 0 Å². The number of ether oxygens (including phenoxy) is 1. The summed E-state index contributed by atoms with van der Waals surface area (Å²) in [6.07, 6.45) is 2.71. The lowest BCUT2D eigenvalue weighted by Crippen LogP contribution is -2.37. The Bertz CT molecular complexity index is 419. The van der Waals surface area contributed by atoms with Crippen molar-refractivity contribution in [2.75, 3.05) is 26.2 Å². The number of nitrogens with zero attached hydrogens (tertiary/aromatic N) is 1. The van der Waals surface area contributed by atoms with E-state index in [1.54, 1.807) is 0 Å². The molecule has 118 valence electrons. The first-order chi connectivity index (χ1) is 10.1. The van der Waals surface area contributed by atoms with Crippen molar-refractivity contribution in [1.82, 2.24) is 10.2 Å². The van der Waals surface area contributed by atoms with Gasteiger partial charge in [-0.3, -0.25) is 4.90 Å². The van der Waals surface area contributed by atoms with E-state index in [9.17, 15) is 0 Å². The second-order valence-electron chi connectivity index (χ2n) is 6.54. The van der Waals surface area contributed by atoms with Gasteiger partial charge in [-0.15, -0.1) is 0 Å². The first kappa shape index (κ1) is 16.3. The molecular formula is C18H30N2O. The third-order valence-electron chi connectivity index (χ3n) is 4.08. The van der Waals surface area contributed by atoms with E-state index in [1.807, 2.05) is 0 Å². The summed E-state index contributed by atoms with van der Waals surface area (Å²) in [6, 6.07) is 8.85. The van der Waals surface area contributed by atoms with Crippen LogP contribution in [-0.4, -0.2) is 37.2 Å². The third kappa shape index (κ3) is 5.68. The van der Waals surface area contributed by atoms with Gasteiger partial charge >= 0.3 is 0 Å². The first-order valence-electron chi connectivity index (χ1n) is 8.31. The summed E-state index contributed by atoms with van der Waals surface area (Å²) < 4.78 is 6.03. The molecule has 0 saturated carbocycles. The number of hydrogen-bond acceptors (Lipinski definition) is 3. The van der Waals surface area contributed by atoms with Crippen molar-refractivity contribution in [3.8, 4) is 5.75 Å². The fourth-order valence-corrected chi connectivity index (χ4v) is 2.88. The molecule has 1 aromatic rings. The Labute approximate surface area is 129 Å². The lowest BCUT2D eigenvalue weighted by Gasteiger charge is -2.30. The number of rotatable bonds is 7. The highest BCUT2D eigenvalue weighted by atomic mass is 16.5. The van der Waals surface area contributed by atoms with Crippen LogP contribution in [0.4, 0.5) is 0 Å². The average Bonchev–Trinajstić information content (AvgIpc) is 2.46. The number of para-hydroxylation sites is 1. The highest BCUT2D eigenvalue weighted by molar-refractivity contribution is 5.33. The highest BCUT2D eigenvalue weighted by Gasteiger charge is 2.15. The molecule has 1 unspecified atom stereocenters. The van der Waals surface area contributed by atoms with E-state index in [0.29, 0.717) is 6.04 Å². The van der Waals surface area contributed by atoms with E-state index in [2.05, 4.69) is 55.3 Å². The van der Waals surface area contributed by atoms with Crippen molar-refractivity contribution in [2.24, 2.45) is 5.92 Å². The number of likely N-dealkylation sites (tertiary alicyclic amines) is 1. The van der Waals surface area contributed by atoms with Crippen LogP contribution < -0.4 is 10.1 Å². The maximum absolute atomic E-state index is 6.03. The van der Waals surface area contributed by atoms with Crippen molar-refractivity contribution in [3.05, 3.63) is 29.8 Å². The van der Waals surface area contributed by atoms with E-state index in [1.165, 1.54) is 31.5 Å². The molecule has 3 heteroatoms. The van der Waals surface area contributed by atoms with E-state index < -0.39 is 0 Å². The van der Waals surface area contributed by atoms with E-state index in [-0.39, 0.29) is 0 Å². The van der Waals surface area contributed by atoms with Gasteiger partial charge in [-0.1, -0.05) is 39.0 Å². The Kier molecular flexibility index (Phi) is 6.52. The quantitative estimate of drug-likeness (QED) is 0.834. The normalized spacial score (nSPS) is 19.9. The van der Waals surface area contributed by atoms with Crippen molar-refractivity contribution in [1.29, 1.82) is 0 Å². The molecule has 1 atom stereocenters. The van der Waals surface area contributed by atoms with Gasteiger partial charge in [-0.25, -0.2) is 0 Å². The van der Waals surface area contributed by atoms with Crippen LogP contribution in [0.15, 0.2) is 24.3 Å². The summed E-state index contributed by atoms with van der Waals surface area (Å²) in [4.78, 5) is 2.53. The molecule has 0 bridgehead atoms. The first-order valence-corrected chi connectivity index (χ1v) is 8.31. The highest BCUT2D eigenvalue weighted by Crippen LogP contribution is 2.19. The molecule has 0 spiro atoms. The van der Waals surface area contributed by atoms with Crippen LogP contribution in [0.3, 0.4) is 0 Å². The molecule has 3 nitrogen and oxygen atoms in total. The van der Waals surface area contributed by atoms with Gasteiger partial charge < -0.3 is 10.1 Å². The summed E-state index contributed by atoms with van der Waals surface area (Å²) in [7, 11) is 0. The second-order valence-corrected chi connectivity index (χ2v) is 6.54. The summed E-state index contributed by atoms with van der Waals surface area (Å²) in [5.74, 6) is 1.86. The van der Waals surface area contributed by atoms with Gasteiger partial charge in [0.2, 0.25) is 0 Å². The standard InChI is InChI=1S/C18H30N2O/c1-15(2)19-13-17-8-4-5-9-18(17)21-12-11-20-10-6-7-16(3)14-20/h4-5,8-9,15-16,19H,6-7,10-14H2,1-3H3. The topological polar surface area (TPSA) is 24.5 Å². The Morgan fingerprint density at radius 3 is 2.90 bits per heavy atom. The van der Waals surface area contributed by atoms with E-state index in [4.69, 9.17) is 4.74 Å². The maximum atomic E-state index is 6.03. The lowest BCUT2D eigenvalue weighted by atomic mass is 10.0. The molecular weight excluding hydrogens is 260 g/mol. The molecule has 1 aliphatic rings. The number of piperidine rings is 1. The van der Waals surface area contributed by atoms with Gasteiger partial charge in [0.25, 0.3) is 0 Å². The molecule has 0 aromatic heterocycles. The predicted octanol–water partition coefficient (Wildman–Crippen LogP) is 3.30. The third-order valence-corrected chi connectivity index (χ3v) is 4.08. The molecule has 2 rings (SSSR count). The Morgan fingerprint density at radius 1 is 1.33 bits per heavy atom. The minimum atomic E-state index is 0.493. The zero-order valence-corrected chi connectivity index (χ0v) is 13.8. The van der Waals surface area contributed by atoms with Crippen LogP contribution in [0.25, 0.3) is 0 Å². The molecule has 1 heterocycles. The second kappa shape index (κ2) is 8.40. The van der Waals surface area contributed by atoms with Crippen LogP contribution in [0, 0.1) is 5.92 Å². The number of nitrogens with one attached hydrogen (secondary N) is 1. The van der Waals surface area contributed by atoms with Crippen LogP contribution >= 0.6 is 0 Å². The van der Waals surface area contributed by atoms with E-state index in [0.717, 1.165) is 31.4 Å². The zero-order valence-electron chi connectivity index (χ0n) is 13.8. The van der Waals surface area contributed by atoms with Crippen molar-refractivity contribution >= 4 is 0 Å². The molecule has 0 aliphatic carbocycles. The SMILES string of the molecule is CC1CCCN(CCOc2ccccc2CNC(C)C)C1. The van der Waals surface area contributed by atoms with Crippen molar-refractivity contribution < 1.29 is 4.74 Å². The molecule has 1 fully saturated rings. The monoisotopic (exact) mass is 290 g/mol.